The van der Waals surface area contributed by atoms with Crippen LogP contribution >= 0.6 is 0 Å². The van der Waals surface area contributed by atoms with Crippen LogP contribution in [0, 0.1) is 0 Å². The fraction of sp³-hybridized carbons (Fsp3) is 0.769. The third-order valence-corrected chi connectivity index (χ3v) is 3.15. The van der Waals surface area contributed by atoms with E-state index in [0.29, 0.717) is 0 Å². The number of carboxylic acid groups (broad SMARTS) is 1. The lowest BCUT2D eigenvalue weighted by Gasteiger charge is -2.40. The molecule has 0 unspecified atom stereocenters. The van der Waals surface area contributed by atoms with Gasteiger partial charge in [-0.2, -0.15) is 0 Å². The number of ether oxygens (including phenoxy) is 1. The van der Waals surface area contributed by atoms with Crippen LogP contribution in [-0.2, 0) is 14.4 Å². The van der Waals surface area contributed by atoms with Gasteiger partial charge in [-0.3, -0.25) is 14.5 Å². The van der Waals surface area contributed by atoms with Crippen molar-refractivity contribution in [2.45, 2.75) is 32.4 Å². The van der Waals surface area contributed by atoms with E-state index in [2.05, 4.69) is 0 Å². The summed E-state index contributed by atoms with van der Waals surface area (Å²) >= 11 is 0. The van der Waals surface area contributed by atoms with E-state index in [1.807, 2.05) is 0 Å². The summed E-state index contributed by atoms with van der Waals surface area (Å²) < 4.78 is 5.25. The molecule has 126 valence electrons. The Hall–Kier alpha value is -2.03. The number of carbonyl (C=O) groups excluding carboxylic acids is 2. The molecule has 22 heavy (non-hydrogen) atoms. The van der Waals surface area contributed by atoms with Crippen LogP contribution in [0.1, 0.15) is 20.8 Å². The van der Waals surface area contributed by atoms with Crippen LogP contribution in [0.4, 0.5) is 9.59 Å². The first-order chi connectivity index (χ1) is 10.1. The Morgan fingerprint density at radius 3 is 2.27 bits per heavy atom. The van der Waals surface area contributed by atoms with Gasteiger partial charge in [0.05, 0.1) is 13.7 Å². The summed E-state index contributed by atoms with van der Waals surface area (Å²) in [4.78, 5) is 42.7. The van der Waals surface area contributed by atoms with Crippen LogP contribution < -0.4 is 0 Å². The fourth-order valence-electron chi connectivity index (χ4n) is 2.02. The zero-order chi connectivity index (χ0) is 17.1. The summed E-state index contributed by atoms with van der Waals surface area (Å²) in [6, 6.07) is -1.02. The van der Waals surface area contributed by atoms with Crippen molar-refractivity contribution in [1.29, 1.82) is 0 Å². The van der Waals surface area contributed by atoms with Gasteiger partial charge in [0.2, 0.25) is 0 Å². The number of hydroxylamine groups is 2. The normalized spacial score (nSPS) is 18.9. The van der Waals surface area contributed by atoms with Crippen molar-refractivity contribution in [3.05, 3.63) is 0 Å². The number of rotatable bonds is 2. The van der Waals surface area contributed by atoms with Crippen LogP contribution in [0.5, 0.6) is 0 Å². The van der Waals surface area contributed by atoms with E-state index in [0.717, 1.165) is 9.96 Å². The summed E-state index contributed by atoms with van der Waals surface area (Å²) in [5.74, 6) is -0.543. The Labute approximate surface area is 129 Å². The molecule has 0 aromatic carbocycles. The first-order valence-electron chi connectivity index (χ1n) is 6.86. The lowest BCUT2D eigenvalue weighted by molar-refractivity contribution is -0.175. The molecular formula is C13H23N3O6. The molecule has 0 aliphatic carbocycles. The molecule has 9 heteroatoms. The summed E-state index contributed by atoms with van der Waals surface area (Å²) in [5, 5.41) is 10.1. The molecule has 1 aliphatic heterocycles. The number of piperazine rings is 1. The lowest BCUT2D eigenvalue weighted by Crippen LogP contribution is -2.61. The number of carbonyl (C=O) groups is 3. The quantitative estimate of drug-likeness (QED) is 0.749. The van der Waals surface area contributed by atoms with Crippen LogP contribution in [0.25, 0.3) is 0 Å². The highest BCUT2D eigenvalue weighted by atomic mass is 16.7. The molecule has 0 aromatic heterocycles. The van der Waals surface area contributed by atoms with Gasteiger partial charge in [-0.25, -0.2) is 14.7 Å². The second-order valence-electron chi connectivity index (χ2n) is 5.94. The SMILES string of the molecule is CON(C)C(=O)[C@H]1CN(C(=O)OC(C)(C)C)CCN1C(=O)O. The molecule has 0 radical (unpaired) electrons. The smallest absolute Gasteiger partial charge is 0.410 e. The van der Waals surface area contributed by atoms with Gasteiger partial charge in [-0.1, -0.05) is 0 Å². The van der Waals surface area contributed by atoms with E-state index in [4.69, 9.17) is 9.57 Å². The molecule has 3 amide bonds. The van der Waals surface area contributed by atoms with Crippen LogP contribution in [0.15, 0.2) is 0 Å². The zero-order valence-corrected chi connectivity index (χ0v) is 13.5. The molecule has 1 saturated heterocycles. The highest BCUT2D eigenvalue weighted by molar-refractivity contribution is 5.85. The van der Waals surface area contributed by atoms with Gasteiger partial charge in [0, 0.05) is 20.1 Å². The Kier molecular flexibility index (Phi) is 5.59. The maximum atomic E-state index is 12.2. The summed E-state index contributed by atoms with van der Waals surface area (Å²) in [7, 11) is 2.69. The monoisotopic (exact) mass is 317 g/mol. The molecule has 0 aromatic rings. The van der Waals surface area contributed by atoms with Crippen LogP contribution in [-0.4, -0.2) is 83.5 Å². The molecule has 1 heterocycles. The van der Waals surface area contributed by atoms with E-state index >= 15 is 0 Å². The minimum absolute atomic E-state index is 0.0303. The maximum Gasteiger partial charge on any atom is 0.410 e. The summed E-state index contributed by atoms with van der Waals surface area (Å²) in [6.45, 7) is 5.33. The van der Waals surface area contributed by atoms with E-state index in [-0.39, 0.29) is 19.6 Å². The van der Waals surface area contributed by atoms with E-state index in [1.54, 1.807) is 20.8 Å². The third-order valence-electron chi connectivity index (χ3n) is 3.15. The van der Waals surface area contributed by atoms with Gasteiger partial charge in [0.25, 0.3) is 5.91 Å². The molecular weight excluding hydrogens is 294 g/mol. The van der Waals surface area contributed by atoms with Gasteiger partial charge < -0.3 is 14.7 Å². The topological polar surface area (TPSA) is 99.6 Å². The number of likely N-dealkylation sites (N-methyl/N-ethyl adjacent to an activating group) is 1. The van der Waals surface area contributed by atoms with Gasteiger partial charge in [-0.15, -0.1) is 0 Å². The second-order valence-corrected chi connectivity index (χ2v) is 5.94. The van der Waals surface area contributed by atoms with Crippen molar-refractivity contribution in [2.24, 2.45) is 0 Å². The molecule has 1 atom stereocenters. The molecule has 0 bridgehead atoms. The molecule has 1 rings (SSSR count). The molecule has 1 fully saturated rings. The zero-order valence-electron chi connectivity index (χ0n) is 13.5. The summed E-state index contributed by atoms with van der Waals surface area (Å²) in [6.07, 6.45) is -1.79. The minimum Gasteiger partial charge on any atom is -0.465 e. The van der Waals surface area contributed by atoms with Crippen molar-refractivity contribution in [2.75, 3.05) is 33.8 Å². The first-order valence-corrected chi connectivity index (χ1v) is 6.86. The molecule has 0 saturated carbocycles. The number of nitrogens with zero attached hydrogens (tertiary/aromatic N) is 3. The predicted molar refractivity (Wildman–Crippen MR) is 76.1 cm³/mol. The standard InChI is InChI=1S/C13H23N3O6/c1-13(2,3)22-12(20)15-6-7-16(11(18)19)9(8-15)10(17)14(4)21-5/h9H,6-8H2,1-5H3,(H,18,19)/t9-/m1/s1. The summed E-state index contributed by atoms with van der Waals surface area (Å²) in [5.41, 5.74) is -0.663. The average molecular weight is 317 g/mol. The van der Waals surface area contributed by atoms with Crippen molar-refractivity contribution < 1.29 is 29.1 Å². The predicted octanol–water partition coefficient (Wildman–Crippen LogP) is 0.606. The maximum absolute atomic E-state index is 12.2. The number of amides is 3. The molecule has 1 N–H and O–H groups in total. The largest absolute Gasteiger partial charge is 0.465 e. The molecule has 9 nitrogen and oxygen atoms in total. The Morgan fingerprint density at radius 1 is 1.23 bits per heavy atom. The number of hydrogen-bond acceptors (Lipinski definition) is 5. The van der Waals surface area contributed by atoms with Crippen LogP contribution in [0.2, 0.25) is 0 Å². The van der Waals surface area contributed by atoms with Gasteiger partial charge >= 0.3 is 12.2 Å². The highest BCUT2D eigenvalue weighted by Gasteiger charge is 2.39. The van der Waals surface area contributed by atoms with Crippen LogP contribution in [0.3, 0.4) is 0 Å². The Balaban J connectivity index is 2.87. The molecule has 0 spiro atoms. The number of hydrogen-bond donors (Lipinski definition) is 1. The molecule has 1 aliphatic rings. The second kappa shape index (κ2) is 6.82. The van der Waals surface area contributed by atoms with Crippen molar-refractivity contribution in [1.82, 2.24) is 14.9 Å². The highest BCUT2D eigenvalue weighted by Crippen LogP contribution is 2.16. The van der Waals surface area contributed by atoms with E-state index in [1.165, 1.54) is 19.1 Å². The minimum atomic E-state index is -1.22. The van der Waals surface area contributed by atoms with E-state index in [9.17, 15) is 19.5 Å². The van der Waals surface area contributed by atoms with Gasteiger partial charge in [0.15, 0.2) is 0 Å². The third kappa shape index (κ3) is 4.48. The Morgan fingerprint density at radius 2 is 1.82 bits per heavy atom. The first kappa shape index (κ1) is 18.0. The van der Waals surface area contributed by atoms with Crippen molar-refractivity contribution in [3.8, 4) is 0 Å². The lowest BCUT2D eigenvalue weighted by atomic mass is 10.1. The fourth-order valence-corrected chi connectivity index (χ4v) is 2.02. The van der Waals surface area contributed by atoms with Crippen molar-refractivity contribution >= 4 is 18.1 Å². The van der Waals surface area contributed by atoms with Gasteiger partial charge in [0.1, 0.15) is 11.6 Å². The van der Waals surface area contributed by atoms with Gasteiger partial charge in [-0.05, 0) is 20.8 Å². The van der Waals surface area contributed by atoms with E-state index < -0.39 is 29.7 Å². The van der Waals surface area contributed by atoms with Crippen molar-refractivity contribution in [3.63, 3.8) is 0 Å². The Bertz CT molecular complexity index is 448. The average Bonchev–Trinajstić information content (AvgIpc) is 2.42.